The lowest BCUT2D eigenvalue weighted by molar-refractivity contribution is -0.143. The minimum Gasteiger partial charge on any atom is -0.493 e. The van der Waals surface area contributed by atoms with Crippen LogP contribution in [0.1, 0.15) is 38.7 Å². The lowest BCUT2D eigenvalue weighted by Crippen LogP contribution is -2.50. The van der Waals surface area contributed by atoms with E-state index in [1.54, 1.807) is 36.4 Å². The molecule has 0 spiro atoms. The number of unbranched alkanes of at least 4 members (excludes halogenated alkanes) is 1. The molecule has 0 aromatic heterocycles. The number of hydrogen-bond acceptors (Lipinski definition) is 4. The smallest absolute Gasteiger partial charge is 0.261 e. The van der Waals surface area contributed by atoms with Crippen molar-refractivity contribution >= 4 is 35.0 Å². The van der Waals surface area contributed by atoms with Crippen LogP contribution in [-0.4, -0.2) is 43.0 Å². The van der Waals surface area contributed by atoms with Crippen LogP contribution in [0.15, 0.2) is 42.5 Å². The Hall–Kier alpha value is -2.44. The van der Waals surface area contributed by atoms with Crippen LogP contribution in [-0.2, 0) is 16.1 Å². The van der Waals surface area contributed by atoms with Gasteiger partial charge in [0, 0.05) is 13.1 Å². The molecule has 1 N–H and O–H groups in total. The molecule has 1 atom stereocenters. The van der Waals surface area contributed by atoms with Gasteiger partial charge in [-0.1, -0.05) is 61.7 Å². The van der Waals surface area contributed by atoms with E-state index in [0.717, 1.165) is 18.4 Å². The molecule has 0 heterocycles. The molecular formula is C24H30Cl2N2O4. The quantitative estimate of drug-likeness (QED) is 0.428. The highest BCUT2D eigenvalue weighted by atomic mass is 35.5. The number of methoxy groups -OCH3 is 1. The Morgan fingerprint density at radius 1 is 1.06 bits per heavy atom. The van der Waals surface area contributed by atoms with Gasteiger partial charge in [0.2, 0.25) is 5.91 Å². The van der Waals surface area contributed by atoms with Gasteiger partial charge in [-0.2, -0.15) is 0 Å². The Morgan fingerprint density at radius 3 is 2.41 bits per heavy atom. The third-order valence-electron chi connectivity index (χ3n) is 4.97. The van der Waals surface area contributed by atoms with Gasteiger partial charge >= 0.3 is 0 Å². The summed E-state index contributed by atoms with van der Waals surface area (Å²) in [5.74, 6) is 0.477. The van der Waals surface area contributed by atoms with Crippen molar-refractivity contribution in [1.29, 1.82) is 0 Å². The van der Waals surface area contributed by atoms with E-state index in [1.165, 1.54) is 12.0 Å². The van der Waals surface area contributed by atoms with Gasteiger partial charge in [-0.15, -0.1) is 0 Å². The first-order chi connectivity index (χ1) is 15.4. The topological polar surface area (TPSA) is 67.9 Å². The van der Waals surface area contributed by atoms with Gasteiger partial charge in [0.05, 0.1) is 17.2 Å². The molecule has 0 aliphatic carbocycles. The minimum absolute atomic E-state index is 0.188. The summed E-state index contributed by atoms with van der Waals surface area (Å²) in [5, 5.41) is 3.75. The summed E-state index contributed by atoms with van der Waals surface area (Å²) in [4.78, 5) is 27.6. The SMILES string of the molecule is CCCCNC(=O)[C@@H](CC)N(Cc1ccc(Cl)c(Cl)c1)C(=O)COc1ccccc1OC. The van der Waals surface area contributed by atoms with Crippen LogP contribution in [0, 0.1) is 0 Å². The molecule has 2 aromatic rings. The number of halogens is 2. The first-order valence-corrected chi connectivity index (χ1v) is 11.4. The van der Waals surface area contributed by atoms with Crippen LogP contribution in [0.2, 0.25) is 10.0 Å². The molecule has 0 unspecified atom stereocenters. The third kappa shape index (κ3) is 7.31. The summed E-state index contributed by atoms with van der Waals surface area (Å²) >= 11 is 12.2. The zero-order valence-corrected chi connectivity index (χ0v) is 20.2. The predicted molar refractivity (Wildman–Crippen MR) is 127 cm³/mol. The molecule has 32 heavy (non-hydrogen) atoms. The van der Waals surface area contributed by atoms with Crippen molar-refractivity contribution in [2.24, 2.45) is 0 Å². The van der Waals surface area contributed by atoms with E-state index in [9.17, 15) is 9.59 Å². The Bertz CT molecular complexity index is 907. The van der Waals surface area contributed by atoms with Crippen molar-refractivity contribution in [3.8, 4) is 11.5 Å². The summed E-state index contributed by atoms with van der Waals surface area (Å²) < 4.78 is 11.0. The number of hydrogen-bond donors (Lipinski definition) is 1. The molecule has 2 rings (SSSR count). The van der Waals surface area contributed by atoms with Gasteiger partial charge < -0.3 is 19.7 Å². The van der Waals surface area contributed by atoms with E-state index in [0.29, 0.717) is 34.5 Å². The van der Waals surface area contributed by atoms with Gasteiger partial charge in [0.25, 0.3) is 5.91 Å². The fourth-order valence-electron chi connectivity index (χ4n) is 3.22. The second kappa shape index (κ2) is 13.2. The molecule has 0 aliphatic rings. The number of nitrogens with one attached hydrogen (secondary N) is 1. The zero-order valence-electron chi connectivity index (χ0n) is 18.7. The molecule has 8 heteroatoms. The van der Waals surface area contributed by atoms with Crippen molar-refractivity contribution in [2.75, 3.05) is 20.3 Å². The molecular weight excluding hydrogens is 451 g/mol. The summed E-state index contributed by atoms with van der Waals surface area (Å²) in [7, 11) is 1.54. The first-order valence-electron chi connectivity index (χ1n) is 10.7. The van der Waals surface area contributed by atoms with Crippen molar-refractivity contribution in [1.82, 2.24) is 10.2 Å². The van der Waals surface area contributed by atoms with Crippen LogP contribution in [0.25, 0.3) is 0 Å². The minimum atomic E-state index is -0.643. The van der Waals surface area contributed by atoms with Crippen molar-refractivity contribution in [3.05, 3.63) is 58.1 Å². The average molecular weight is 481 g/mol. The van der Waals surface area contributed by atoms with E-state index >= 15 is 0 Å². The van der Waals surface area contributed by atoms with E-state index in [2.05, 4.69) is 12.2 Å². The second-order valence-electron chi connectivity index (χ2n) is 7.28. The van der Waals surface area contributed by atoms with E-state index < -0.39 is 6.04 Å². The van der Waals surface area contributed by atoms with Crippen LogP contribution in [0.5, 0.6) is 11.5 Å². The van der Waals surface area contributed by atoms with Crippen LogP contribution >= 0.6 is 23.2 Å². The van der Waals surface area contributed by atoms with Gasteiger partial charge in [-0.25, -0.2) is 0 Å². The van der Waals surface area contributed by atoms with Crippen LogP contribution < -0.4 is 14.8 Å². The number of nitrogens with zero attached hydrogens (tertiary/aromatic N) is 1. The average Bonchev–Trinajstić information content (AvgIpc) is 2.80. The fourth-order valence-corrected chi connectivity index (χ4v) is 3.54. The number of benzene rings is 2. The van der Waals surface area contributed by atoms with Crippen LogP contribution in [0.3, 0.4) is 0 Å². The monoisotopic (exact) mass is 480 g/mol. The molecule has 174 valence electrons. The van der Waals surface area contributed by atoms with Crippen molar-refractivity contribution < 1.29 is 19.1 Å². The number of carbonyl (C=O) groups is 2. The molecule has 0 saturated heterocycles. The Kier molecular flexibility index (Phi) is 10.6. The number of ether oxygens (including phenoxy) is 2. The maximum atomic E-state index is 13.2. The fraction of sp³-hybridized carbons (Fsp3) is 0.417. The number of para-hydroxylation sites is 2. The molecule has 2 amide bonds. The lowest BCUT2D eigenvalue weighted by Gasteiger charge is -2.30. The van der Waals surface area contributed by atoms with Crippen molar-refractivity contribution in [2.45, 2.75) is 45.7 Å². The number of amides is 2. The Balaban J connectivity index is 2.23. The van der Waals surface area contributed by atoms with Gasteiger partial charge in [0.1, 0.15) is 6.04 Å². The largest absolute Gasteiger partial charge is 0.493 e. The molecule has 0 bridgehead atoms. The standard InChI is InChI=1S/C24H30Cl2N2O4/c1-4-6-13-27-24(30)20(5-2)28(15-17-11-12-18(25)19(26)14-17)23(29)16-32-22-10-8-7-9-21(22)31-3/h7-12,14,20H,4-6,13,15-16H2,1-3H3,(H,27,30)/t20-/m1/s1. The normalized spacial score (nSPS) is 11.5. The summed E-state index contributed by atoms with van der Waals surface area (Å²) in [5.41, 5.74) is 0.768. The lowest BCUT2D eigenvalue weighted by atomic mass is 10.1. The van der Waals surface area contributed by atoms with E-state index in [1.807, 2.05) is 13.0 Å². The molecule has 0 radical (unpaired) electrons. The molecule has 0 aliphatic heterocycles. The number of rotatable bonds is 12. The second-order valence-corrected chi connectivity index (χ2v) is 8.09. The van der Waals surface area contributed by atoms with Crippen LogP contribution in [0.4, 0.5) is 0 Å². The molecule has 0 saturated carbocycles. The van der Waals surface area contributed by atoms with E-state index in [-0.39, 0.29) is 25.0 Å². The maximum Gasteiger partial charge on any atom is 0.261 e. The Morgan fingerprint density at radius 2 is 1.78 bits per heavy atom. The Labute approximate surface area is 199 Å². The van der Waals surface area contributed by atoms with Gasteiger partial charge in [0.15, 0.2) is 18.1 Å². The highest BCUT2D eigenvalue weighted by Crippen LogP contribution is 2.27. The van der Waals surface area contributed by atoms with E-state index in [4.69, 9.17) is 32.7 Å². The summed E-state index contributed by atoms with van der Waals surface area (Å²) in [6.07, 6.45) is 2.30. The summed E-state index contributed by atoms with van der Waals surface area (Å²) in [6.45, 7) is 4.46. The zero-order chi connectivity index (χ0) is 23.5. The highest BCUT2D eigenvalue weighted by molar-refractivity contribution is 6.42. The predicted octanol–water partition coefficient (Wildman–Crippen LogP) is 5.10. The summed E-state index contributed by atoms with van der Waals surface area (Å²) in [6, 6.07) is 11.6. The van der Waals surface area contributed by atoms with Crippen molar-refractivity contribution in [3.63, 3.8) is 0 Å². The first kappa shape index (κ1) is 25.8. The van der Waals surface area contributed by atoms with Gasteiger partial charge in [-0.3, -0.25) is 9.59 Å². The third-order valence-corrected chi connectivity index (χ3v) is 5.71. The molecule has 6 nitrogen and oxygen atoms in total. The highest BCUT2D eigenvalue weighted by Gasteiger charge is 2.29. The maximum absolute atomic E-state index is 13.2. The number of carbonyl (C=O) groups excluding carboxylic acids is 2. The molecule has 0 fully saturated rings. The van der Waals surface area contributed by atoms with Gasteiger partial charge in [-0.05, 0) is 42.7 Å². The molecule has 2 aromatic carbocycles.